The minimum absolute atomic E-state index is 0.162. The highest BCUT2D eigenvalue weighted by molar-refractivity contribution is 8.00. The summed E-state index contributed by atoms with van der Waals surface area (Å²) < 4.78 is 27.6. The number of hydrogen-bond acceptors (Lipinski definition) is 4. The minimum atomic E-state index is -3.65. The maximum atomic E-state index is 12.4. The van der Waals surface area contributed by atoms with E-state index < -0.39 is 10.0 Å². The van der Waals surface area contributed by atoms with E-state index in [0.29, 0.717) is 23.4 Å². The zero-order valence-corrected chi connectivity index (χ0v) is 17.7. The Hall–Kier alpha value is -1.99. The van der Waals surface area contributed by atoms with E-state index in [-0.39, 0.29) is 15.5 Å². The lowest BCUT2D eigenvalue weighted by Crippen LogP contribution is -2.27. The predicted octanol–water partition coefficient (Wildman–Crippen LogP) is 4.06. The second kappa shape index (κ2) is 8.80. The molecule has 0 aromatic heterocycles. The summed E-state index contributed by atoms with van der Waals surface area (Å²) in [6.45, 7) is 8.77. The summed E-state index contributed by atoms with van der Waals surface area (Å²) in [5.74, 6) is 0.675. The lowest BCUT2D eigenvalue weighted by molar-refractivity contribution is 0.0956. The second-order valence-electron chi connectivity index (χ2n) is 7.16. The van der Waals surface area contributed by atoms with Crippen LogP contribution < -0.4 is 10.0 Å². The number of carbonyl (C=O) groups is 1. The Morgan fingerprint density at radius 3 is 2.33 bits per heavy atom. The molecule has 2 rings (SSSR count). The average Bonchev–Trinajstić information content (AvgIpc) is 2.60. The topological polar surface area (TPSA) is 75.3 Å². The van der Waals surface area contributed by atoms with Crippen molar-refractivity contribution in [1.29, 1.82) is 0 Å². The molecule has 0 unspecified atom stereocenters. The molecule has 27 heavy (non-hydrogen) atoms. The summed E-state index contributed by atoms with van der Waals surface area (Å²) in [4.78, 5) is 12.5. The van der Waals surface area contributed by atoms with Gasteiger partial charge in [-0.25, -0.2) is 8.42 Å². The third-order valence-corrected chi connectivity index (χ3v) is 6.36. The molecule has 5 nitrogen and oxygen atoms in total. The number of anilines is 1. The third kappa shape index (κ3) is 6.59. The SMILES string of the molecule is Cc1cc(C(=O)NCCSC(C)(C)C)ccc1NS(=O)(=O)c1ccccc1. The van der Waals surface area contributed by atoms with E-state index >= 15 is 0 Å². The first kappa shape index (κ1) is 21.3. The van der Waals surface area contributed by atoms with Gasteiger partial charge in [0.25, 0.3) is 15.9 Å². The van der Waals surface area contributed by atoms with Crippen LogP contribution in [0.4, 0.5) is 5.69 Å². The molecular weight excluding hydrogens is 380 g/mol. The minimum Gasteiger partial charge on any atom is -0.351 e. The standard InChI is InChI=1S/C20H26N2O3S2/c1-15-14-16(19(23)21-12-13-26-20(2,3)4)10-11-18(15)22-27(24,25)17-8-6-5-7-9-17/h5-11,14,22H,12-13H2,1-4H3,(H,21,23). The summed E-state index contributed by atoms with van der Waals surface area (Å²) in [6, 6.07) is 13.1. The van der Waals surface area contributed by atoms with Gasteiger partial charge < -0.3 is 5.32 Å². The van der Waals surface area contributed by atoms with Gasteiger partial charge in [-0.05, 0) is 42.8 Å². The maximum Gasteiger partial charge on any atom is 0.261 e. The molecule has 2 aromatic rings. The summed E-state index contributed by atoms with van der Waals surface area (Å²) >= 11 is 1.79. The van der Waals surface area contributed by atoms with Crippen molar-refractivity contribution in [2.24, 2.45) is 0 Å². The molecule has 0 heterocycles. The van der Waals surface area contributed by atoms with Crippen molar-refractivity contribution in [3.8, 4) is 0 Å². The second-order valence-corrected chi connectivity index (χ2v) is 10.8. The van der Waals surface area contributed by atoms with Crippen molar-refractivity contribution in [3.63, 3.8) is 0 Å². The van der Waals surface area contributed by atoms with E-state index in [2.05, 4.69) is 30.8 Å². The van der Waals surface area contributed by atoms with E-state index in [4.69, 9.17) is 0 Å². The van der Waals surface area contributed by atoms with Crippen LogP contribution in [0, 0.1) is 6.92 Å². The van der Waals surface area contributed by atoms with E-state index in [1.165, 1.54) is 12.1 Å². The van der Waals surface area contributed by atoms with Crippen LogP contribution in [0.15, 0.2) is 53.4 Å². The van der Waals surface area contributed by atoms with Crippen molar-refractivity contribution >= 4 is 33.4 Å². The van der Waals surface area contributed by atoms with Crippen LogP contribution in [0.25, 0.3) is 0 Å². The number of sulfonamides is 1. The van der Waals surface area contributed by atoms with Gasteiger partial charge in [-0.15, -0.1) is 0 Å². The first-order chi connectivity index (χ1) is 12.6. The molecule has 0 spiro atoms. The van der Waals surface area contributed by atoms with Crippen molar-refractivity contribution in [3.05, 3.63) is 59.7 Å². The molecule has 0 atom stereocenters. The number of rotatable bonds is 7. The summed E-state index contributed by atoms with van der Waals surface area (Å²) in [5, 5.41) is 2.89. The first-order valence-corrected chi connectivity index (χ1v) is 11.2. The predicted molar refractivity (Wildman–Crippen MR) is 113 cm³/mol. The molecule has 0 fully saturated rings. The van der Waals surface area contributed by atoms with Gasteiger partial charge in [0.15, 0.2) is 0 Å². The monoisotopic (exact) mass is 406 g/mol. The number of amides is 1. The van der Waals surface area contributed by atoms with Gasteiger partial charge in [0.05, 0.1) is 10.6 Å². The summed E-state index contributed by atoms with van der Waals surface area (Å²) in [5.41, 5.74) is 1.65. The van der Waals surface area contributed by atoms with Gasteiger partial charge in [-0.2, -0.15) is 11.8 Å². The molecule has 1 amide bonds. The van der Waals surface area contributed by atoms with Crippen molar-refractivity contribution < 1.29 is 13.2 Å². The average molecular weight is 407 g/mol. The molecule has 0 aliphatic carbocycles. The zero-order valence-electron chi connectivity index (χ0n) is 16.1. The van der Waals surface area contributed by atoms with Crippen LogP contribution >= 0.6 is 11.8 Å². The molecule has 0 aliphatic rings. The normalized spacial score (nSPS) is 11.9. The Kier molecular flexibility index (Phi) is 6.95. The zero-order chi connectivity index (χ0) is 20.1. The quantitative estimate of drug-likeness (QED) is 0.680. The molecule has 7 heteroatoms. The smallest absolute Gasteiger partial charge is 0.261 e. The van der Waals surface area contributed by atoms with Gasteiger partial charge in [0, 0.05) is 22.6 Å². The number of hydrogen-bond donors (Lipinski definition) is 2. The van der Waals surface area contributed by atoms with Crippen LogP contribution in [0.5, 0.6) is 0 Å². The molecule has 0 aliphatic heterocycles. The van der Waals surface area contributed by atoms with E-state index in [1.807, 2.05) is 0 Å². The Labute approximate surface area is 166 Å². The van der Waals surface area contributed by atoms with Gasteiger partial charge in [-0.3, -0.25) is 9.52 Å². The number of aryl methyl sites for hydroxylation is 1. The lowest BCUT2D eigenvalue weighted by Gasteiger charge is -2.17. The first-order valence-electron chi connectivity index (χ1n) is 8.69. The summed E-state index contributed by atoms with van der Waals surface area (Å²) in [6.07, 6.45) is 0. The van der Waals surface area contributed by atoms with Crippen LogP contribution in [-0.2, 0) is 10.0 Å². The molecule has 0 saturated heterocycles. The number of nitrogens with one attached hydrogen (secondary N) is 2. The fraction of sp³-hybridized carbons (Fsp3) is 0.350. The van der Waals surface area contributed by atoms with Crippen LogP contribution in [0.2, 0.25) is 0 Å². The molecule has 0 bridgehead atoms. The number of thioether (sulfide) groups is 1. The molecule has 146 valence electrons. The van der Waals surface area contributed by atoms with Crippen molar-refractivity contribution in [1.82, 2.24) is 5.32 Å². The Balaban J connectivity index is 2.02. The van der Waals surface area contributed by atoms with Gasteiger partial charge in [-0.1, -0.05) is 39.0 Å². The fourth-order valence-electron chi connectivity index (χ4n) is 2.35. The van der Waals surface area contributed by atoms with E-state index in [1.54, 1.807) is 55.1 Å². The Morgan fingerprint density at radius 1 is 1.07 bits per heavy atom. The van der Waals surface area contributed by atoms with Gasteiger partial charge in [0.2, 0.25) is 0 Å². The van der Waals surface area contributed by atoms with Gasteiger partial charge >= 0.3 is 0 Å². The molecule has 2 aromatic carbocycles. The maximum absolute atomic E-state index is 12.4. The lowest BCUT2D eigenvalue weighted by atomic mass is 10.1. The van der Waals surface area contributed by atoms with Crippen LogP contribution in [0.3, 0.4) is 0 Å². The molecular formula is C20H26N2O3S2. The Bertz CT molecular complexity index is 889. The van der Waals surface area contributed by atoms with Gasteiger partial charge in [0.1, 0.15) is 0 Å². The molecule has 0 saturated carbocycles. The highest BCUT2D eigenvalue weighted by atomic mass is 32.2. The van der Waals surface area contributed by atoms with Crippen LogP contribution in [0.1, 0.15) is 36.7 Å². The third-order valence-electron chi connectivity index (χ3n) is 3.71. The van der Waals surface area contributed by atoms with Crippen molar-refractivity contribution in [2.45, 2.75) is 37.3 Å². The van der Waals surface area contributed by atoms with Crippen molar-refractivity contribution in [2.75, 3.05) is 17.0 Å². The molecule has 0 radical (unpaired) electrons. The van der Waals surface area contributed by atoms with Crippen LogP contribution in [-0.4, -0.2) is 31.4 Å². The fourth-order valence-corrected chi connectivity index (χ4v) is 4.31. The number of carbonyl (C=O) groups excluding carboxylic acids is 1. The largest absolute Gasteiger partial charge is 0.351 e. The van der Waals surface area contributed by atoms with E-state index in [9.17, 15) is 13.2 Å². The summed E-state index contributed by atoms with van der Waals surface area (Å²) in [7, 11) is -3.65. The Morgan fingerprint density at radius 2 is 1.74 bits per heavy atom. The highest BCUT2D eigenvalue weighted by Gasteiger charge is 2.16. The highest BCUT2D eigenvalue weighted by Crippen LogP contribution is 2.23. The number of benzene rings is 2. The van der Waals surface area contributed by atoms with E-state index in [0.717, 1.165) is 5.75 Å². The molecule has 2 N–H and O–H groups in total.